The third kappa shape index (κ3) is 4.40. The largest absolute Gasteiger partial charge is 0.436 e. The van der Waals surface area contributed by atoms with Crippen molar-refractivity contribution in [3.05, 3.63) is 78.6 Å². The van der Waals surface area contributed by atoms with Gasteiger partial charge in [-0.25, -0.2) is 9.37 Å². The number of thioether (sulfide) groups is 1. The van der Waals surface area contributed by atoms with Crippen LogP contribution in [0.15, 0.2) is 82.1 Å². The Hall–Kier alpha value is -3.12. The van der Waals surface area contributed by atoms with Gasteiger partial charge in [0.1, 0.15) is 11.3 Å². The summed E-state index contributed by atoms with van der Waals surface area (Å²) in [6.45, 7) is 0. The lowest BCUT2D eigenvalue weighted by Crippen LogP contribution is -2.12. The van der Waals surface area contributed by atoms with Crippen LogP contribution < -0.4 is 5.32 Å². The van der Waals surface area contributed by atoms with Crippen LogP contribution in [0.5, 0.6) is 0 Å². The summed E-state index contributed by atoms with van der Waals surface area (Å²) in [5.41, 5.74) is 3.01. The quantitative estimate of drug-likeness (QED) is 0.424. The molecule has 1 heterocycles. The average Bonchev–Trinajstić information content (AvgIpc) is 3.14. The van der Waals surface area contributed by atoms with E-state index in [0.717, 1.165) is 21.6 Å². The molecular formula is C22H17FN2O2S. The first-order valence-corrected chi connectivity index (χ1v) is 9.80. The van der Waals surface area contributed by atoms with Crippen LogP contribution >= 0.6 is 11.8 Å². The lowest BCUT2D eigenvalue weighted by atomic mass is 10.2. The molecule has 1 aromatic heterocycles. The number of aromatic nitrogens is 1. The second-order valence-corrected chi connectivity index (χ2v) is 7.34. The van der Waals surface area contributed by atoms with Crippen LogP contribution in [0.2, 0.25) is 0 Å². The van der Waals surface area contributed by atoms with E-state index in [2.05, 4.69) is 10.3 Å². The van der Waals surface area contributed by atoms with Crippen molar-refractivity contribution in [3.8, 4) is 11.5 Å². The molecule has 0 fully saturated rings. The first-order valence-electron chi connectivity index (χ1n) is 8.82. The predicted molar refractivity (Wildman–Crippen MR) is 110 cm³/mol. The van der Waals surface area contributed by atoms with Crippen LogP contribution in [0.25, 0.3) is 22.6 Å². The maximum Gasteiger partial charge on any atom is 0.227 e. The van der Waals surface area contributed by atoms with Crippen LogP contribution in [0.1, 0.15) is 6.42 Å². The number of hydrogen-bond acceptors (Lipinski definition) is 4. The summed E-state index contributed by atoms with van der Waals surface area (Å²) >= 11 is 1.52. The topological polar surface area (TPSA) is 55.1 Å². The lowest BCUT2D eigenvalue weighted by molar-refractivity contribution is -0.115. The molecule has 0 spiro atoms. The fourth-order valence-electron chi connectivity index (χ4n) is 2.74. The zero-order valence-electron chi connectivity index (χ0n) is 14.9. The Kier molecular flexibility index (Phi) is 5.39. The summed E-state index contributed by atoms with van der Waals surface area (Å²) in [6, 6.07) is 21.3. The standard InChI is InChI=1S/C22H17FN2O2S/c23-16-8-10-18(11-9-16)28-13-12-21(26)24-17-5-3-4-15(14-17)22-25-19-6-1-2-7-20(19)27-22/h1-11,14H,12-13H2,(H,24,26). The fourth-order valence-corrected chi connectivity index (χ4v) is 3.59. The Morgan fingerprint density at radius 1 is 1.04 bits per heavy atom. The summed E-state index contributed by atoms with van der Waals surface area (Å²) < 4.78 is 18.7. The van der Waals surface area contributed by atoms with Crippen LogP contribution in [0.3, 0.4) is 0 Å². The number of amides is 1. The number of benzene rings is 3. The third-order valence-corrected chi connectivity index (χ3v) is 5.11. The minimum atomic E-state index is -0.263. The molecule has 0 saturated carbocycles. The van der Waals surface area contributed by atoms with Gasteiger partial charge in [0.05, 0.1) is 0 Å². The number of rotatable bonds is 6. The zero-order chi connectivity index (χ0) is 19.3. The van der Waals surface area contributed by atoms with Crippen LogP contribution in [0, 0.1) is 5.82 Å². The number of halogens is 1. The van der Waals surface area contributed by atoms with E-state index in [1.807, 2.05) is 48.5 Å². The van der Waals surface area contributed by atoms with Gasteiger partial charge in [0, 0.05) is 28.3 Å². The number of fused-ring (bicyclic) bond motifs is 1. The number of nitrogens with zero attached hydrogens (tertiary/aromatic N) is 1. The van der Waals surface area contributed by atoms with Crippen LogP contribution in [-0.4, -0.2) is 16.6 Å². The maximum atomic E-state index is 12.9. The van der Waals surface area contributed by atoms with Crippen molar-refractivity contribution in [2.24, 2.45) is 0 Å². The molecule has 28 heavy (non-hydrogen) atoms. The fraction of sp³-hybridized carbons (Fsp3) is 0.0909. The molecule has 1 N–H and O–H groups in total. The molecule has 0 radical (unpaired) electrons. The summed E-state index contributed by atoms with van der Waals surface area (Å²) in [4.78, 5) is 17.6. The van der Waals surface area contributed by atoms with Crippen molar-refractivity contribution >= 4 is 34.5 Å². The van der Waals surface area contributed by atoms with Gasteiger partial charge < -0.3 is 9.73 Å². The summed E-state index contributed by atoms with van der Waals surface area (Å²) in [5.74, 6) is 0.789. The van der Waals surface area contributed by atoms with Gasteiger partial charge in [-0.2, -0.15) is 0 Å². The zero-order valence-corrected chi connectivity index (χ0v) is 15.7. The minimum Gasteiger partial charge on any atom is -0.436 e. The van der Waals surface area contributed by atoms with Crippen molar-refractivity contribution in [3.63, 3.8) is 0 Å². The van der Waals surface area contributed by atoms with Crippen molar-refractivity contribution < 1.29 is 13.6 Å². The molecule has 6 heteroatoms. The van der Waals surface area contributed by atoms with E-state index in [9.17, 15) is 9.18 Å². The molecule has 0 aliphatic carbocycles. The second-order valence-electron chi connectivity index (χ2n) is 6.17. The van der Waals surface area contributed by atoms with Gasteiger partial charge in [-0.1, -0.05) is 18.2 Å². The Bertz CT molecular complexity index is 1080. The highest BCUT2D eigenvalue weighted by Crippen LogP contribution is 2.26. The van der Waals surface area contributed by atoms with Crippen molar-refractivity contribution in [1.82, 2.24) is 4.98 Å². The number of anilines is 1. The molecule has 0 aliphatic heterocycles. The number of para-hydroxylation sites is 2. The molecule has 0 aliphatic rings. The SMILES string of the molecule is O=C(CCSc1ccc(F)cc1)Nc1cccc(-c2nc3ccccc3o2)c1. The van der Waals surface area contributed by atoms with E-state index in [0.29, 0.717) is 23.8 Å². The molecule has 140 valence electrons. The number of nitrogens with one attached hydrogen (secondary N) is 1. The Balaban J connectivity index is 1.37. The molecule has 4 aromatic rings. The van der Waals surface area contributed by atoms with Gasteiger partial charge >= 0.3 is 0 Å². The highest BCUT2D eigenvalue weighted by atomic mass is 32.2. The number of carbonyl (C=O) groups excluding carboxylic acids is 1. The highest BCUT2D eigenvalue weighted by molar-refractivity contribution is 7.99. The Labute approximate surface area is 165 Å². The van der Waals surface area contributed by atoms with Crippen LogP contribution in [-0.2, 0) is 4.79 Å². The Morgan fingerprint density at radius 3 is 2.68 bits per heavy atom. The summed E-state index contributed by atoms with van der Waals surface area (Å²) in [5, 5.41) is 2.90. The second kappa shape index (κ2) is 8.27. The normalized spacial score (nSPS) is 10.9. The van der Waals surface area contributed by atoms with Crippen molar-refractivity contribution in [2.45, 2.75) is 11.3 Å². The number of oxazole rings is 1. The molecule has 3 aromatic carbocycles. The van der Waals surface area contributed by atoms with Gasteiger partial charge in [-0.3, -0.25) is 4.79 Å². The predicted octanol–water partition coefficient (Wildman–Crippen LogP) is 5.75. The van der Waals surface area contributed by atoms with E-state index in [4.69, 9.17) is 4.42 Å². The van der Waals surface area contributed by atoms with Gasteiger partial charge in [0.15, 0.2) is 5.58 Å². The van der Waals surface area contributed by atoms with E-state index in [-0.39, 0.29) is 11.7 Å². The third-order valence-electron chi connectivity index (χ3n) is 4.10. The molecule has 1 amide bonds. The van der Waals surface area contributed by atoms with Gasteiger partial charge in [-0.05, 0) is 54.6 Å². The lowest BCUT2D eigenvalue weighted by Gasteiger charge is -2.06. The molecule has 0 bridgehead atoms. The molecular weight excluding hydrogens is 375 g/mol. The smallest absolute Gasteiger partial charge is 0.227 e. The molecule has 4 nitrogen and oxygen atoms in total. The molecule has 0 unspecified atom stereocenters. The first kappa shape index (κ1) is 18.3. The van der Waals surface area contributed by atoms with Crippen molar-refractivity contribution in [2.75, 3.05) is 11.1 Å². The van der Waals surface area contributed by atoms with Gasteiger partial charge in [-0.15, -0.1) is 11.8 Å². The average molecular weight is 392 g/mol. The van der Waals surface area contributed by atoms with E-state index < -0.39 is 0 Å². The highest BCUT2D eigenvalue weighted by Gasteiger charge is 2.09. The minimum absolute atomic E-state index is 0.0793. The van der Waals surface area contributed by atoms with Crippen LogP contribution in [0.4, 0.5) is 10.1 Å². The molecule has 0 saturated heterocycles. The van der Waals surface area contributed by atoms with Gasteiger partial charge in [0.2, 0.25) is 11.8 Å². The Morgan fingerprint density at radius 2 is 1.86 bits per heavy atom. The van der Waals surface area contributed by atoms with E-state index >= 15 is 0 Å². The van der Waals surface area contributed by atoms with Gasteiger partial charge in [0.25, 0.3) is 0 Å². The van der Waals surface area contributed by atoms with E-state index in [1.165, 1.54) is 23.9 Å². The summed E-state index contributed by atoms with van der Waals surface area (Å²) in [6.07, 6.45) is 0.356. The number of hydrogen-bond donors (Lipinski definition) is 1. The summed E-state index contributed by atoms with van der Waals surface area (Å²) in [7, 11) is 0. The maximum absolute atomic E-state index is 12.9. The van der Waals surface area contributed by atoms with Crippen molar-refractivity contribution in [1.29, 1.82) is 0 Å². The molecule has 4 rings (SSSR count). The first-order chi connectivity index (χ1) is 13.7. The van der Waals surface area contributed by atoms with E-state index in [1.54, 1.807) is 12.1 Å². The molecule has 0 atom stereocenters. The number of carbonyl (C=O) groups is 1. The monoisotopic (exact) mass is 392 g/mol.